The summed E-state index contributed by atoms with van der Waals surface area (Å²) in [5.74, 6) is -0.0891. The second-order valence-corrected chi connectivity index (χ2v) is 9.96. The number of fused-ring (bicyclic) bond motifs is 1. The maximum absolute atomic E-state index is 14.0. The molecule has 1 heterocycles. The Hall–Kier alpha value is -1.92. The van der Waals surface area contributed by atoms with E-state index < -0.39 is 17.9 Å². The molecule has 0 unspecified atom stereocenters. The summed E-state index contributed by atoms with van der Waals surface area (Å²) in [5, 5.41) is -0.000473. The quantitative estimate of drug-likeness (QED) is 0.522. The largest absolute Gasteiger partial charge is 0.329 e. The normalized spacial score (nSPS) is 11.9. The Labute approximate surface area is 168 Å². The Bertz CT molecular complexity index is 1090. The molecule has 1 aromatic heterocycles. The molecule has 3 aromatic rings. The minimum atomic E-state index is -2.36. The van der Waals surface area contributed by atoms with Crippen LogP contribution in [0.2, 0.25) is 0 Å². The fraction of sp³-hybridized carbons (Fsp3) is 0.300. The van der Waals surface area contributed by atoms with Crippen LogP contribution in [0.1, 0.15) is 19.4 Å². The summed E-state index contributed by atoms with van der Waals surface area (Å²) in [4.78, 5) is 17.1. The maximum atomic E-state index is 14.0. The van der Waals surface area contributed by atoms with Gasteiger partial charge in [-0.1, -0.05) is 30.3 Å². The molecule has 0 aliphatic carbocycles. The first kappa shape index (κ1) is 20.8. The number of benzene rings is 2. The monoisotopic (exact) mass is 420 g/mol. The lowest BCUT2D eigenvalue weighted by Crippen LogP contribution is -2.21. The number of nitrogens with zero attached hydrogens (tertiary/aromatic N) is 2. The molecule has 0 saturated heterocycles. The Morgan fingerprint density at radius 2 is 1.75 bits per heavy atom. The minimum Gasteiger partial charge on any atom is -0.329 e. The Morgan fingerprint density at radius 3 is 2.36 bits per heavy atom. The van der Waals surface area contributed by atoms with Crippen molar-refractivity contribution in [3.63, 3.8) is 0 Å². The number of rotatable bonds is 7. The topological polar surface area (TPSA) is 53.3 Å². The molecule has 148 valence electrons. The lowest BCUT2D eigenvalue weighted by Gasteiger charge is -2.21. The molecule has 0 radical (unpaired) electrons. The van der Waals surface area contributed by atoms with Crippen LogP contribution in [0.4, 0.5) is 4.39 Å². The second-order valence-electron chi connectivity index (χ2n) is 6.24. The van der Waals surface area contributed by atoms with Crippen molar-refractivity contribution in [2.24, 2.45) is 7.05 Å². The molecule has 0 atom stereocenters. The van der Waals surface area contributed by atoms with Gasteiger partial charge in [0.1, 0.15) is 17.0 Å². The van der Waals surface area contributed by atoms with Crippen LogP contribution in [0.5, 0.6) is 0 Å². The van der Waals surface area contributed by atoms with Gasteiger partial charge < -0.3 is 9.05 Å². The third-order valence-electron chi connectivity index (χ3n) is 4.29. The van der Waals surface area contributed by atoms with Crippen molar-refractivity contribution in [3.8, 4) is 11.4 Å². The van der Waals surface area contributed by atoms with Crippen LogP contribution in [0.15, 0.2) is 47.3 Å². The van der Waals surface area contributed by atoms with Gasteiger partial charge in [0.15, 0.2) is 6.49 Å². The molecule has 3 rings (SSSR count). The molecule has 8 heteroatoms. The van der Waals surface area contributed by atoms with E-state index in [9.17, 15) is 9.18 Å². The average Bonchev–Trinajstić information content (AvgIpc) is 2.65. The number of aromatic nitrogens is 2. The van der Waals surface area contributed by atoms with Gasteiger partial charge in [0.05, 0.1) is 18.7 Å². The van der Waals surface area contributed by atoms with Crippen molar-refractivity contribution in [2.45, 2.75) is 20.0 Å². The van der Waals surface area contributed by atoms with Crippen molar-refractivity contribution >= 4 is 29.2 Å². The molecule has 0 spiro atoms. The van der Waals surface area contributed by atoms with E-state index in [0.717, 1.165) is 11.1 Å². The highest BCUT2D eigenvalue weighted by Crippen LogP contribution is 2.51. The van der Waals surface area contributed by atoms with Gasteiger partial charge in [-0.15, -0.1) is 0 Å². The van der Waals surface area contributed by atoms with E-state index >= 15 is 0 Å². The first-order chi connectivity index (χ1) is 13.4. The van der Waals surface area contributed by atoms with Gasteiger partial charge in [0.25, 0.3) is 5.56 Å². The summed E-state index contributed by atoms with van der Waals surface area (Å²) in [7, 11) is 1.59. The van der Waals surface area contributed by atoms with E-state index in [1.165, 1.54) is 10.6 Å². The van der Waals surface area contributed by atoms with Gasteiger partial charge in [0.2, 0.25) is 0 Å². The van der Waals surface area contributed by atoms with E-state index in [4.69, 9.17) is 20.9 Å². The highest BCUT2D eigenvalue weighted by molar-refractivity contribution is 8.09. The smallest absolute Gasteiger partial charge is 0.264 e. The molecule has 0 N–H and O–H groups in total. The van der Waals surface area contributed by atoms with Crippen LogP contribution in [-0.4, -0.2) is 22.8 Å². The van der Waals surface area contributed by atoms with Crippen LogP contribution in [0, 0.1) is 5.82 Å². The number of halogens is 1. The molecule has 0 saturated carbocycles. The van der Waals surface area contributed by atoms with Gasteiger partial charge in [-0.25, -0.2) is 9.37 Å². The van der Waals surface area contributed by atoms with Gasteiger partial charge in [-0.05, 0) is 43.4 Å². The predicted octanol–water partition coefficient (Wildman–Crippen LogP) is 4.62. The van der Waals surface area contributed by atoms with Crippen LogP contribution in [0.3, 0.4) is 0 Å². The van der Waals surface area contributed by atoms with E-state index in [0.29, 0.717) is 30.7 Å². The first-order valence-corrected chi connectivity index (χ1v) is 11.8. The number of hydrogen-bond acceptors (Lipinski definition) is 5. The van der Waals surface area contributed by atoms with E-state index in [2.05, 4.69) is 4.98 Å². The zero-order valence-corrected chi connectivity index (χ0v) is 17.7. The highest BCUT2D eigenvalue weighted by Gasteiger charge is 2.19. The number of hydrogen-bond donors (Lipinski definition) is 0. The van der Waals surface area contributed by atoms with Gasteiger partial charge >= 0.3 is 0 Å². The van der Waals surface area contributed by atoms with Crippen molar-refractivity contribution in [1.29, 1.82) is 0 Å². The molecule has 0 fully saturated rings. The summed E-state index contributed by atoms with van der Waals surface area (Å²) in [6.45, 7) is 2.46. The molecule has 28 heavy (non-hydrogen) atoms. The molecule has 0 aliphatic heterocycles. The third kappa shape index (κ3) is 4.23. The van der Waals surface area contributed by atoms with E-state index in [-0.39, 0.29) is 5.39 Å². The standard InChI is InChI=1S/C20H22FN2O3PS/c1-4-25-27(28,26-5-2)13-14-9-11-15(12-10-14)19-22-17-8-6-7-16(21)18(17)20(24)23(19)3/h6-12H,4-5,13H2,1-3H3. The van der Waals surface area contributed by atoms with Crippen molar-refractivity contribution in [1.82, 2.24) is 9.55 Å². The summed E-state index contributed by atoms with van der Waals surface area (Å²) < 4.78 is 26.8. The predicted molar refractivity (Wildman–Crippen MR) is 114 cm³/mol. The summed E-state index contributed by atoms with van der Waals surface area (Å²) >= 11 is 5.58. The molecular weight excluding hydrogens is 398 g/mol. The SMILES string of the molecule is CCOP(=S)(Cc1ccc(-c2nc3cccc(F)c3c(=O)n2C)cc1)OCC. The van der Waals surface area contributed by atoms with Crippen molar-refractivity contribution in [3.05, 3.63) is 64.2 Å². The Morgan fingerprint density at radius 1 is 1.11 bits per heavy atom. The second kappa shape index (κ2) is 8.62. The summed E-state index contributed by atoms with van der Waals surface area (Å²) in [5.41, 5.74) is 1.68. The van der Waals surface area contributed by atoms with Gasteiger partial charge in [-0.2, -0.15) is 0 Å². The van der Waals surface area contributed by atoms with E-state index in [1.54, 1.807) is 19.2 Å². The van der Waals surface area contributed by atoms with Crippen LogP contribution < -0.4 is 5.56 Å². The Kier molecular flexibility index (Phi) is 6.40. The van der Waals surface area contributed by atoms with Gasteiger partial charge in [0, 0.05) is 18.8 Å². The highest BCUT2D eigenvalue weighted by atomic mass is 32.5. The first-order valence-electron chi connectivity index (χ1n) is 9.01. The summed E-state index contributed by atoms with van der Waals surface area (Å²) in [6, 6.07) is 12.1. The molecule has 0 bridgehead atoms. The minimum absolute atomic E-state index is 0.000473. The summed E-state index contributed by atoms with van der Waals surface area (Å²) in [6.07, 6.45) is 0.527. The van der Waals surface area contributed by atoms with Crippen molar-refractivity contribution in [2.75, 3.05) is 13.2 Å². The average molecular weight is 420 g/mol. The van der Waals surface area contributed by atoms with Crippen molar-refractivity contribution < 1.29 is 13.4 Å². The fourth-order valence-electron chi connectivity index (χ4n) is 3.03. The zero-order valence-electron chi connectivity index (χ0n) is 16.0. The molecule has 2 aromatic carbocycles. The van der Waals surface area contributed by atoms with Crippen LogP contribution in [0.25, 0.3) is 22.3 Å². The van der Waals surface area contributed by atoms with Gasteiger partial charge in [-0.3, -0.25) is 9.36 Å². The molecule has 5 nitrogen and oxygen atoms in total. The lowest BCUT2D eigenvalue weighted by atomic mass is 10.1. The third-order valence-corrected chi connectivity index (χ3v) is 7.37. The fourth-order valence-corrected chi connectivity index (χ4v) is 5.82. The van der Waals surface area contributed by atoms with E-state index in [1.807, 2.05) is 38.1 Å². The zero-order chi connectivity index (χ0) is 20.3. The molecular formula is C20H22FN2O3PS. The maximum Gasteiger partial charge on any atom is 0.264 e. The Balaban J connectivity index is 1.97. The van der Waals surface area contributed by atoms with Crippen LogP contribution >= 0.6 is 6.49 Å². The lowest BCUT2D eigenvalue weighted by molar-refractivity contribution is 0.266. The molecule has 0 aliphatic rings. The molecule has 0 amide bonds. The van der Waals surface area contributed by atoms with Crippen LogP contribution in [-0.2, 0) is 34.1 Å².